The number of benzene rings is 2. The highest BCUT2D eigenvalue weighted by Crippen LogP contribution is 2.20. The van der Waals surface area contributed by atoms with E-state index in [1.165, 1.54) is 31.4 Å². The van der Waals surface area contributed by atoms with Gasteiger partial charge in [0, 0.05) is 17.0 Å². The maximum Gasteiger partial charge on any atom is 0.170 e. The van der Waals surface area contributed by atoms with Crippen LogP contribution in [0.2, 0.25) is 0 Å². The molecular formula is C15H11BrF2O2. The van der Waals surface area contributed by atoms with Gasteiger partial charge < -0.3 is 4.74 Å². The summed E-state index contributed by atoms with van der Waals surface area (Å²) in [4.78, 5) is 12.0. The van der Waals surface area contributed by atoms with Gasteiger partial charge in [-0.05, 0) is 35.9 Å². The molecular weight excluding hydrogens is 330 g/mol. The fourth-order valence-corrected chi connectivity index (χ4v) is 2.36. The van der Waals surface area contributed by atoms with E-state index in [1.807, 2.05) is 0 Å². The lowest BCUT2D eigenvalue weighted by Gasteiger charge is -2.06. The summed E-state index contributed by atoms with van der Waals surface area (Å²) in [6, 6.07) is 8.20. The first-order valence-corrected chi connectivity index (χ1v) is 6.60. The van der Waals surface area contributed by atoms with Gasteiger partial charge in [0.2, 0.25) is 0 Å². The topological polar surface area (TPSA) is 26.3 Å². The lowest BCUT2D eigenvalue weighted by Crippen LogP contribution is -2.06. The van der Waals surface area contributed by atoms with E-state index in [0.717, 1.165) is 6.07 Å². The summed E-state index contributed by atoms with van der Waals surface area (Å²) in [5.74, 6) is -1.17. The van der Waals surface area contributed by atoms with Crippen molar-refractivity contribution in [3.63, 3.8) is 0 Å². The molecule has 2 nitrogen and oxygen atoms in total. The molecule has 104 valence electrons. The van der Waals surface area contributed by atoms with E-state index in [2.05, 4.69) is 15.9 Å². The van der Waals surface area contributed by atoms with Crippen LogP contribution >= 0.6 is 15.9 Å². The van der Waals surface area contributed by atoms with Crippen molar-refractivity contribution in [3.8, 4) is 5.75 Å². The molecule has 2 aromatic carbocycles. The second-order valence-electron chi connectivity index (χ2n) is 4.22. The standard InChI is InChI=1S/C15H11BrF2O2/c1-20-12-2-3-13(14(18)8-12)15(19)6-9-4-10(16)7-11(17)5-9/h2-5,7-8H,6H2,1H3. The van der Waals surface area contributed by atoms with Crippen LogP contribution in [0.1, 0.15) is 15.9 Å². The molecule has 0 fully saturated rings. The lowest BCUT2D eigenvalue weighted by atomic mass is 10.0. The van der Waals surface area contributed by atoms with Gasteiger partial charge in [-0.15, -0.1) is 0 Å². The first-order chi connectivity index (χ1) is 9.49. The van der Waals surface area contributed by atoms with Gasteiger partial charge in [-0.25, -0.2) is 8.78 Å². The Morgan fingerprint density at radius 1 is 1.20 bits per heavy atom. The zero-order chi connectivity index (χ0) is 14.7. The minimum atomic E-state index is -0.648. The summed E-state index contributed by atoms with van der Waals surface area (Å²) in [6.45, 7) is 0. The molecule has 0 bridgehead atoms. The summed E-state index contributed by atoms with van der Waals surface area (Å²) in [6.07, 6.45) is -0.0698. The zero-order valence-corrected chi connectivity index (χ0v) is 12.2. The maximum absolute atomic E-state index is 13.8. The second-order valence-corrected chi connectivity index (χ2v) is 5.14. The van der Waals surface area contributed by atoms with Crippen LogP contribution in [0, 0.1) is 11.6 Å². The largest absolute Gasteiger partial charge is 0.497 e. The average molecular weight is 341 g/mol. The highest BCUT2D eigenvalue weighted by atomic mass is 79.9. The number of methoxy groups -OCH3 is 1. The van der Waals surface area contributed by atoms with E-state index in [1.54, 1.807) is 6.07 Å². The van der Waals surface area contributed by atoms with Crippen molar-refractivity contribution in [1.29, 1.82) is 0 Å². The first kappa shape index (κ1) is 14.7. The van der Waals surface area contributed by atoms with Crippen molar-refractivity contribution in [3.05, 3.63) is 63.6 Å². The third-order valence-electron chi connectivity index (χ3n) is 2.76. The van der Waals surface area contributed by atoms with Crippen molar-refractivity contribution in [1.82, 2.24) is 0 Å². The van der Waals surface area contributed by atoms with E-state index in [4.69, 9.17) is 4.74 Å². The first-order valence-electron chi connectivity index (χ1n) is 5.81. The van der Waals surface area contributed by atoms with Gasteiger partial charge in [0.25, 0.3) is 0 Å². The predicted octanol–water partition coefficient (Wildman–Crippen LogP) is 4.16. The smallest absolute Gasteiger partial charge is 0.170 e. The number of Topliss-reactive ketones (excluding diaryl/α,β-unsaturated/α-hetero) is 1. The maximum atomic E-state index is 13.8. The third kappa shape index (κ3) is 3.42. The van der Waals surface area contributed by atoms with Crippen LogP contribution in [0.3, 0.4) is 0 Å². The molecule has 0 aliphatic heterocycles. The Balaban J connectivity index is 2.23. The Kier molecular flexibility index (Phi) is 4.49. The Bertz CT molecular complexity index is 636. The van der Waals surface area contributed by atoms with E-state index < -0.39 is 17.4 Å². The van der Waals surface area contributed by atoms with Gasteiger partial charge >= 0.3 is 0 Å². The van der Waals surface area contributed by atoms with E-state index in [0.29, 0.717) is 15.8 Å². The summed E-state index contributed by atoms with van der Waals surface area (Å²) in [5.41, 5.74) is 0.447. The van der Waals surface area contributed by atoms with Crippen molar-refractivity contribution in [2.45, 2.75) is 6.42 Å². The van der Waals surface area contributed by atoms with Crippen molar-refractivity contribution in [2.75, 3.05) is 7.11 Å². The number of hydrogen-bond acceptors (Lipinski definition) is 2. The Morgan fingerprint density at radius 3 is 2.55 bits per heavy atom. The van der Waals surface area contributed by atoms with Crippen LogP contribution in [0.4, 0.5) is 8.78 Å². The fourth-order valence-electron chi connectivity index (χ4n) is 1.84. The molecule has 2 rings (SSSR count). The molecule has 0 radical (unpaired) electrons. The molecule has 20 heavy (non-hydrogen) atoms. The monoisotopic (exact) mass is 340 g/mol. The number of ether oxygens (including phenoxy) is 1. The molecule has 0 aliphatic carbocycles. The van der Waals surface area contributed by atoms with Gasteiger partial charge in [0.05, 0.1) is 12.7 Å². The zero-order valence-electron chi connectivity index (χ0n) is 10.6. The molecule has 0 saturated carbocycles. The number of carbonyl (C=O) groups excluding carboxylic acids is 1. The number of carbonyl (C=O) groups is 1. The van der Waals surface area contributed by atoms with E-state index in [-0.39, 0.29) is 12.0 Å². The lowest BCUT2D eigenvalue weighted by molar-refractivity contribution is 0.0989. The van der Waals surface area contributed by atoms with Gasteiger partial charge in [0.1, 0.15) is 17.4 Å². The predicted molar refractivity (Wildman–Crippen MR) is 75.1 cm³/mol. The van der Waals surface area contributed by atoms with E-state index >= 15 is 0 Å². The van der Waals surface area contributed by atoms with Crippen LogP contribution in [0.25, 0.3) is 0 Å². The van der Waals surface area contributed by atoms with Crippen LogP contribution in [0.5, 0.6) is 5.75 Å². The highest BCUT2D eigenvalue weighted by molar-refractivity contribution is 9.10. The summed E-state index contributed by atoms with van der Waals surface area (Å²) < 4.78 is 32.4. The van der Waals surface area contributed by atoms with Crippen molar-refractivity contribution in [2.24, 2.45) is 0 Å². The molecule has 2 aromatic rings. The number of halogens is 3. The van der Waals surface area contributed by atoms with Gasteiger partial charge in [-0.2, -0.15) is 0 Å². The highest BCUT2D eigenvalue weighted by Gasteiger charge is 2.14. The third-order valence-corrected chi connectivity index (χ3v) is 3.22. The molecule has 0 aliphatic rings. The second kappa shape index (κ2) is 6.13. The molecule has 5 heteroatoms. The van der Waals surface area contributed by atoms with Crippen molar-refractivity contribution >= 4 is 21.7 Å². The van der Waals surface area contributed by atoms with Crippen LogP contribution in [0.15, 0.2) is 40.9 Å². The summed E-state index contributed by atoms with van der Waals surface area (Å²) >= 11 is 3.15. The SMILES string of the molecule is COc1ccc(C(=O)Cc2cc(F)cc(Br)c2)c(F)c1. The Morgan fingerprint density at radius 2 is 1.95 bits per heavy atom. The molecule has 0 amide bonds. The Labute approximate surface area is 123 Å². The number of ketones is 1. The molecule has 0 saturated heterocycles. The van der Waals surface area contributed by atoms with Gasteiger partial charge in [0.15, 0.2) is 5.78 Å². The summed E-state index contributed by atoms with van der Waals surface area (Å²) in [5, 5.41) is 0. The fraction of sp³-hybridized carbons (Fsp3) is 0.133. The molecule has 0 atom stereocenters. The van der Waals surface area contributed by atoms with Gasteiger partial charge in [-0.1, -0.05) is 15.9 Å². The number of hydrogen-bond donors (Lipinski definition) is 0. The van der Waals surface area contributed by atoms with Crippen molar-refractivity contribution < 1.29 is 18.3 Å². The van der Waals surface area contributed by atoms with Crippen LogP contribution in [-0.2, 0) is 6.42 Å². The number of rotatable bonds is 4. The quantitative estimate of drug-likeness (QED) is 0.781. The normalized spacial score (nSPS) is 10.4. The van der Waals surface area contributed by atoms with Crippen LogP contribution < -0.4 is 4.74 Å². The average Bonchev–Trinajstić information content (AvgIpc) is 2.36. The van der Waals surface area contributed by atoms with Gasteiger partial charge in [-0.3, -0.25) is 4.79 Å². The molecule has 0 unspecified atom stereocenters. The minimum absolute atomic E-state index is 0.0359. The van der Waals surface area contributed by atoms with E-state index in [9.17, 15) is 13.6 Å². The molecule has 0 N–H and O–H groups in total. The van der Waals surface area contributed by atoms with Crippen LogP contribution in [-0.4, -0.2) is 12.9 Å². The molecule has 0 spiro atoms. The molecule has 0 aromatic heterocycles. The minimum Gasteiger partial charge on any atom is -0.497 e. The summed E-state index contributed by atoms with van der Waals surface area (Å²) in [7, 11) is 1.42. The Hall–Kier alpha value is -1.75. The molecule has 0 heterocycles.